The molecule has 0 spiro atoms. The fourth-order valence-corrected chi connectivity index (χ4v) is 3.93. The van der Waals surface area contributed by atoms with Crippen LogP contribution in [0.2, 0.25) is 0 Å². The van der Waals surface area contributed by atoms with Gasteiger partial charge in [0.25, 0.3) is 5.91 Å². The van der Waals surface area contributed by atoms with Crippen molar-refractivity contribution < 1.29 is 9.53 Å². The highest BCUT2D eigenvalue weighted by atomic mass is 16.5. The van der Waals surface area contributed by atoms with Gasteiger partial charge in [-0.3, -0.25) is 9.78 Å². The lowest BCUT2D eigenvalue weighted by atomic mass is 9.87. The average molecular weight is 457 g/mol. The minimum absolute atomic E-state index is 0.124. The molecule has 0 aliphatic heterocycles. The number of aryl methyl sites for hydroxylation is 1. The molecule has 4 aromatic rings. The van der Waals surface area contributed by atoms with Crippen LogP contribution in [-0.4, -0.2) is 39.0 Å². The molecular weight excluding hydrogens is 424 g/mol. The highest BCUT2D eigenvalue weighted by Gasteiger charge is 2.18. The Hall–Kier alpha value is -3.67. The number of amides is 1. The summed E-state index contributed by atoms with van der Waals surface area (Å²) in [5, 5.41) is 0. The molecule has 0 radical (unpaired) electrons. The summed E-state index contributed by atoms with van der Waals surface area (Å²) in [6, 6.07) is 21.8. The largest absolute Gasteiger partial charge is 0.494 e. The van der Waals surface area contributed by atoms with Gasteiger partial charge in [-0.15, -0.1) is 0 Å². The zero-order chi connectivity index (χ0) is 24.1. The van der Waals surface area contributed by atoms with Crippen molar-refractivity contribution in [3.8, 4) is 5.75 Å². The second kappa shape index (κ2) is 10.1. The highest BCUT2D eigenvalue weighted by Crippen LogP contribution is 2.24. The minimum Gasteiger partial charge on any atom is -0.494 e. The summed E-state index contributed by atoms with van der Waals surface area (Å²) < 4.78 is 8.18. The van der Waals surface area contributed by atoms with Crippen molar-refractivity contribution in [2.24, 2.45) is 0 Å². The molecule has 34 heavy (non-hydrogen) atoms. The third kappa shape index (κ3) is 5.45. The van der Waals surface area contributed by atoms with Crippen molar-refractivity contribution in [3.63, 3.8) is 0 Å². The molecule has 4 rings (SSSR count). The Bertz CT molecular complexity index is 1240. The van der Waals surface area contributed by atoms with Gasteiger partial charge >= 0.3 is 0 Å². The van der Waals surface area contributed by atoms with E-state index < -0.39 is 0 Å². The number of carbonyl (C=O) groups excluding carboxylic acids is 1. The smallest absolute Gasteiger partial charge is 0.272 e. The minimum atomic E-state index is -0.124. The van der Waals surface area contributed by atoms with Crippen LogP contribution < -0.4 is 4.74 Å². The van der Waals surface area contributed by atoms with Gasteiger partial charge in [0.05, 0.1) is 24.2 Å². The number of nitrogens with zero attached hydrogens (tertiary/aromatic N) is 4. The second-order valence-electron chi connectivity index (χ2n) is 9.52. The fourth-order valence-electron chi connectivity index (χ4n) is 3.93. The van der Waals surface area contributed by atoms with Crippen LogP contribution in [0.25, 0.3) is 11.0 Å². The van der Waals surface area contributed by atoms with Gasteiger partial charge in [-0.25, -0.2) is 4.98 Å². The van der Waals surface area contributed by atoms with E-state index in [1.165, 1.54) is 5.56 Å². The Morgan fingerprint density at radius 2 is 1.74 bits per heavy atom. The number of para-hydroxylation sites is 2. The van der Waals surface area contributed by atoms with Gasteiger partial charge < -0.3 is 14.2 Å². The molecule has 6 nitrogen and oxygen atoms in total. The first-order valence-electron chi connectivity index (χ1n) is 11.7. The molecule has 2 aromatic heterocycles. The number of ether oxygens (including phenoxy) is 1. The molecule has 0 atom stereocenters. The van der Waals surface area contributed by atoms with E-state index in [9.17, 15) is 4.79 Å². The second-order valence-corrected chi connectivity index (χ2v) is 9.52. The molecule has 2 aromatic carbocycles. The Morgan fingerprint density at radius 1 is 1.00 bits per heavy atom. The van der Waals surface area contributed by atoms with Crippen LogP contribution in [-0.2, 0) is 18.5 Å². The van der Waals surface area contributed by atoms with Gasteiger partial charge in [-0.05, 0) is 53.8 Å². The molecular formula is C28H32N4O2. The molecule has 0 aliphatic carbocycles. The molecule has 2 heterocycles. The number of hydrogen-bond acceptors (Lipinski definition) is 4. The highest BCUT2D eigenvalue weighted by molar-refractivity contribution is 5.92. The first-order chi connectivity index (χ1) is 16.3. The number of pyridine rings is 1. The fraction of sp³-hybridized carbons (Fsp3) is 0.321. The number of rotatable bonds is 8. The molecule has 6 heteroatoms. The summed E-state index contributed by atoms with van der Waals surface area (Å²) in [6.45, 7) is 8.37. The van der Waals surface area contributed by atoms with E-state index in [0.29, 0.717) is 18.8 Å². The Kier molecular flexibility index (Phi) is 6.96. The van der Waals surface area contributed by atoms with Crippen LogP contribution in [0.4, 0.5) is 0 Å². The van der Waals surface area contributed by atoms with Crippen LogP contribution in [0.15, 0.2) is 72.9 Å². The predicted molar refractivity (Wildman–Crippen MR) is 135 cm³/mol. The van der Waals surface area contributed by atoms with E-state index in [2.05, 4.69) is 48.5 Å². The lowest BCUT2D eigenvalue weighted by Crippen LogP contribution is -2.28. The Labute approximate surface area is 201 Å². The topological polar surface area (TPSA) is 60.2 Å². The quantitative estimate of drug-likeness (QED) is 0.330. The van der Waals surface area contributed by atoms with Crippen molar-refractivity contribution >= 4 is 16.9 Å². The third-order valence-corrected chi connectivity index (χ3v) is 5.86. The molecule has 0 N–H and O–H groups in total. The van der Waals surface area contributed by atoms with E-state index in [0.717, 1.165) is 35.6 Å². The lowest BCUT2D eigenvalue weighted by molar-refractivity contribution is 0.0774. The molecule has 176 valence electrons. The zero-order valence-electron chi connectivity index (χ0n) is 20.4. The molecule has 0 bridgehead atoms. The van der Waals surface area contributed by atoms with Gasteiger partial charge in [0.1, 0.15) is 17.3 Å². The van der Waals surface area contributed by atoms with Crippen molar-refractivity contribution in [1.29, 1.82) is 0 Å². The molecule has 0 saturated heterocycles. The van der Waals surface area contributed by atoms with Crippen molar-refractivity contribution in [3.05, 3.63) is 90.0 Å². The monoisotopic (exact) mass is 456 g/mol. The number of carbonyl (C=O) groups is 1. The van der Waals surface area contributed by atoms with Crippen LogP contribution in [0.3, 0.4) is 0 Å². The molecule has 0 saturated carbocycles. The summed E-state index contributed by atoms with van der Waals surface area (Å²) in [5.74, 6) is 1.60. The average Bonchev–Trinajstić information content (AvgIpc) is 3.18. The van der Waals surface area contributed by atoms with Gasteiger partial charge in [-0.2, -0.15) is 0 Å². The van der Waals surface area contributed by atoms with Crippen LogP contribution in [0.1, 0.15) is 49.1 Å². The van der Waals surface area contributed by atoms with Crippen LogP contribution in [0.5, 0.6) is 5.75 Å². The van der Waals surface area contributed by atoms with Crippen LogP contribution in [0, 0.1) is 0 Å². The first-order valence-corrected chi connectivity index (χ1v) is 11.7. The number of hydrogen-bond donors (Lipinski definition) is 0. The number of fused-ring (bicyclic) bond motifs is 1. The molecule has 0 fully saturated rings. The summed E-state index contributed by atoms with van der Waals surface area (Å²) >= 11 is 0. The number of imidazole rings is 1. The van der Waals surface area contributed by atoms with Crippen molar-refractivity contribution in [2.45, 2.75) is 45.7 Å². The maximum atomic E-state index is 12.8. The van der Waals surface area contributed by atoms with E-state index in [1.807, 2.05) is 36.4 Å². The normalized spacial score (nSPS) is 11.5. The Morgan fingerprint density at radius 3 is 2.44 bits per heavy atom. The summed E-state index contributed by atoms with van der Waals surface area (Å²) in [7, 11) is 1.78. The standard InChI is InChI=1S/C28H32N4O2/c1-28(2,3)21-13-15-22(16-14-21)34-19-9-18-32-25-12-6-5-10-23(25)30-26(32)20-31(4)27(33)24-11-7-8-17-29-24/h5-8,10-17H,9,18-20H2,1-4H3. The van der Waals surface area contributed by atoms with Gasteiger partial charge in [0.2, 0.25) is 0 Å². The molecule has 0 unspecified atom stereocenters. The summed E-state index contributed by atoms with van der Waals surface area (Å²) in [4.78, 5) is 23.4. The van der Waals surface area contributed by atoms with Crippen molar-refractivity contribution in [2.75, 3.05) is 13.7 Å². The van der Waals surface area contributed by atoms with Crippen molar-refractivity contribution in [1.82, 2.24) is 19.4 Å². The maximum absolute atomic E-state index is 12.8. The maximum Gasteiger partial charge on any atom is 0.272 e. The Balaban J connectivity index is 1.42. The molecule has 0 aliphatic rings. The number of benzene rings is 2. The van der Waals surface area contributed by atoms with E-state index in [-0.39, 0.29) is 11.3 Å². The number of aromatic nitrogens is 3. The van der Waals surface area contributed by atoms with Crippen LogP contribution >= 0.6 is 0 Å². The first kappa shape index (κ1) is 23.5. The van der Waals surface area contributed by atoms with Gasteiger partial charge in [0.15, 0.2) is 0 Å². The lowest BCUT2D eigenvalue weighted by Gasteiger charge is -2.19. The van der Waals surface area contributed by atoms with E-state index in [4.69, 9.17) is 9.72 Å². The van der Waals surface area contributed by atoms with E-state index >= 15 is 0 Å². The summed E-state index contributed by atoms with van der Waals surface area (Å²) in [5.41, 5.74) is 3.83. The summed E-state index contributed by atoms with van der Waals surface area (Å²) in [6.07, 6.45) is 2.46. The van der Waals surface area contributed by atoms with Gasteiger partial charge in [-0.1, -0.05) is 51.1 Å². The van der Waals surface area contributed by atoms with E-state index in [1.54, 1.807) is 30.3 Å². The predicted octanol–water partition coefficient (Wildman–Crippen LogP) is 5.47. The third-order valence-electron chi connectivity index (χ3n) is 5.86. The zero-order valence-corrected chi connectivity index (χ0v) is 20.4. The molecule has 1 amide bonds. The SMILES string of the molecule is CN(Cc1nc2ccccc2n1CCCOc1ccc(C(C)(C)C)cc1)C(=O)c1ccccn1. The van der Waals surface area contributed by atoms with Gasteiger partial charge in [0, 0.05) is 19.8 Å².